The van der Waals surface area contributed by atoms with E-state index in [0.29, 0.717) is 17.4 Å². The Bertz CT molecular complexity index is 1820. The molecule has 0 aromatic rings. The first kappa shape index (κ1) is 87.2. The molecule has 9 heteroatoms. The summed E-state index contributed by atoms with van der Waals surface area (Å²) in [6.07, 6.45) is 96.9. The molecule has 0 spiro atoms. The molecule has 0 radical (unpaired) electrons. The zero-order valence-corrected chi connectivity index (χ0v) is 60.2. The van der Waals surface area contributed by atoms with Crippen LogP contribution >= 0.6 is 0 Å². The molecule has 0 amide bonds. The van der Waals surface area contributed by atoms with Gasteiger partial charge in [-0.25, -0.2) is 4.79 Å². The molecule has 2 atom stereocenters. The van der Waals surface area contributed by atoms with Gasteiger partial charge in [-0.05, 0) is 96.3 Å². The van der Waals surface area contributed by atoms with E-state index in [-0.39, 0.29) is 32.2 Å². The number of carboxylic acid groups (broad SMARTS) is 1. The van der Waals surface area contributed by atoms with Crippen LogP contribution in [-0.4, -0.2) is 87.4 Å². The van der Waals surface area contributed by atoms with Gasteiger partial charge in [0.15, 0.2) is 6.10 Å². The summed E-state index contributed by atoms with van der Waals surface area (Å²) in [6.45, 7) is 4.79. The van der Waals surface area contributed by atoms with Crippen molar-refractivity contribution < 1.29 is 42.9 Å². The Balaban J connectivity index is 4.02. The first-order valence-corrected chi connectivity index (χ1v) is 38.4. The molecule has 0 saturated carbocycles. The van der Waals surface area contributed by atoms with E-state index in [9.17, 15) is 19.5 Å². The lowest BCUT2D eigenvalue weighted by molar-refractivity contribution is -0.870. The van der Waals surface area contributed by atoms with Crippen molar-refractivity contribution in [3.63, 3.8) is 0 Å². The van der Waals surface area contributed by atoms with Crippen LogP contribution in [0.1, 0.15) is 348 Å². The standard InChI is InChI=1S/C82H145NO8/c1-6-8-10-12-14-16-18-20-22-24-26-28-30-32-34-36-37-38-39-40-41-42-43-45-46-48-50-52-54-56-58-60-62-64-66-68-70-72-79(84)89-76-78(77-90-82(81(86)87)88-75-74-83(3,4)5)91-80(85)73-71-69-67-65-63-61-59-57-55-53-51-49-47-44-35-33-31-29-27-25-23-21-19-17-15-13-11-9-7-2/h9,11,15,17-18,20-21,23-24,26-27,29-30,32-33,35,78,82H,6-8,10,12-14,16,19,22,25,28,31,34,36-77H2,1-5H3/p+1/b11-9-,17-15-,20-18-,23-21-,26-24-,29-27-,32-30-,35-33-. The number of ether oxygens (including phenoxy) is 4. The lowest BCUT2D eigenvalue weighted by Gasteiger charge is -2.25. The second kappa shape index (κ2) is 72.0. The van der Waals surface area contributed by atoms with E-state index in [1.807, 2.05) is 21.1 Å². The molecule has 0 saturated heterocycles. The highest BCUT2D eigenvalue weighted by Gasteiger charge is 2.25. The van der Waals surface area contributed by atoms with Gasteiger partial charge in [0.2, 0.25) is 0 Å². The molecule has 0 aliphatic rings. The molecule has 526 valence electrons. The fourth-order valence-corrected chi connectivity index (χ4v) is 11.0. The van der Waals surface area contributed by atoms with E-state index in [1.165, 1.54) is 238 Å². The summed E-state index contributed by atoms with van der Waals surface area (Å²) < 4.78 is 23.0. The molecule has 0 aliphatic heterocycles. The minimum Gasteiger partial charge on any atom is -0.477 e. The molecule has 0 heterocycles. The molecule has 1 N–H and O–H groups in total. The van der Waals surface area contributed by atoms with Crippen molar-refractivity contribution in [2.24, 2.45) is 0 Å². The van der Waals surface area contributed by atoms with Gasteiger partial charge in [-0.15, -0.1) is 0 Å². The predicted molar refractivity (Wildman–Crippen MR) is 392 cm³/mol. The molecule has 0 aromatic heterocycles. The van der Waals surface area contributed by atoms with E-state index < -0.39 is 24.3 Å². The van der Waals surface area contributed by atoms with Crippen LogP contribution in [0.5, 0.6) is 0 Å². The van der Waals surface area contributed by atoms with Gasteiger partial charge in [0.25, 0.3) is 6.29 Å². The Labute approximate surface area is 562 Å². The van der Waals surface area contributed by atoms with Crippen LogP contribution in [0.25, 0.3) is 0 Å². The van der Waals surface area contributed by atoms with Gasteiger partial charge in [-0.1, -0.05) is 336 Å². The van der Waals surface area contributed by atoms with Crippen LogP contribution in [0, 0.1) is 0 Å². The Morgan fingerprint density at radius 2 is 0.626 bits per heavy atom. The van der Waals surface area contributed by atoms with Gasteiger partial charge in [0.1, 0.15) is 13.2 Å². The van der Waals surface area contributed by atoms with E-state index in [4.69, 9.17) is 18.9 Å². The number of unbranched alkanes of at least 4 members (excludes halogenated alkanes) is 40. The molecule has 91 heavy (non-hydrogen) atoms. The summed E-state index contributed by atoms with van der Waals surface area (Å²) >= 11 is 0. The van der Waals surface area contributed by atoms with E-state index in [1.54, 1.807) is 0 Å². The summed E-state index contributed by atoms with van der Waals surface area (Å²) in [6, 6.07) is 0. The Morgan fingerprint density at radius 1 is 0.341 bits per heavy atom. The van der Waals surface area contributed by atoms with Crippen LogP contribution in [-0.2, 0) is 33.3 Å². The molecule has 0 aliphatic carbocycles. The van der Waals surface area contributed by atoms with Gasteiger partial charge in [-0.3, -0.25) is 9.59 Å². The maximum Gasteiger partial charge on any atom is 0.361 e. The monoisotopic (exact) mass is 1270 g/mol. The van der Waals surface area contributed by atoms with Gasteiger partial charge in [0, 0.05) is 12.8 Å². The predicted octanol–water partition coefficient (Wildman–Crippen LogP) is 24.4. The third kappa shape index (κ3) is 73.5. The molecule has 0 bridgehead atoms. The van der Waals surface area contributed by atoms with Crippen molar-refractivity contribution >= 4 is 17.9 Å². The SMILES string of the molecule is CC/C=C\C/C=C\C/C=C\C/C=C\C/C=C\CCCCCCCCCCCCCCCC(=O)OC(COC(=O)CCCCCCCCCCCCCCCCCCCCCCCC/C=C\C/C=C\C/C=C\CCCCCCC)COC(OCC[N+](C)(C)C)C(=O)O. The summed E-state index contributed by atoms with van der Waals surface area (Å²) in [5.74, 6) is -1.99. The van der Waals surface area contributed by atoms with Crippen LogP contribution in [0.15, 0.2) is 97.2 Å². The van der Waals surface area contributed by atoms with Crippen LogP contribution in [0.3, 0.4) is 0 Å². The Hall–Kier alpha value is -3.79. The minimum absolute atomic E-state index is 0.182. The molecule has 0 aromatic carbocycles. The number of hydrogen-bond donors (Lipinski definition) is 1. The third-order valence-electron chi connectivity index (χ3n) is 16.8. The number of hydrogen-bond acceptors (Lipinski definition) is 7. The molecule has 0 fully saturated rings. The highest BCUT2D eigenvalue weighted by molar-refractivity contribution is 5.71. The Kier molecular flexibility index (Phi) is 69.0. The maximum absolute atomic E-state index is 13.0. The van der Waals surface area contributed by atoms with Crippen LogP contribution in [0.4, 0.5) is 0 Å². The number of carboxylic acids is 1. The zero-order chi connectivity index (χ0) is 66.1. The number of quaternary nitrogens is 1. The topological polar surface area (TPSA) is 108 Å². The first-order valence-electron chi connectivity index (χ1n) is 38.4. The summed E-state index contributed by atoms with van der Waals surface area (Å²) in [7, 11) is 5.99. The molecule has 0 rings (SSSR count). The second-order valence-corrected chi connectivity index (χ2v) is 26.9. The smallest absolute Gasteiger partial charge is 0.361 e. The van der Waals surface area contributed by atoms with Crippen LogP contribution in [0.2, 0.25) is 0 Å². The van der Waals surface area contributed by atoms with Gasteiger partial charge >= 0.3 is 17.9 Å². The average molecular weight is 1270 g/mol. The van der Waals surface area contributed by atoms with Crippen molar-refractivity contribution in [2.45, 2.75) is 360 Å². The van der Waals surface area contributed by atoms with E-state index >= 15 is 0 Å². The lowest BCUT2D eigenvalue weighted by atomic mass is 10.0. The van der Waals surface area contributed by atoms with Gasteiger partial charge < -0.3 is 28.5 Å². The first-order chi connectivity index (χ1) is 44.6. The van der Waals surface area contributed by atoms with Crippen LogP contribution < -0.4 is 0 Å². The minimum atomic E-state index is -1.51. The fourth-order valence-electron chi connectivity index (χ4n) is 11.0. The second-order valence-electron chi connectivity index (χ2n) is 26.9. The van der Waals surface area contributed by atoms with Crippen molar-refractivity contribution in [1.82, 2.24) is 0 Å². The highest BCUT2D eigenvalue weighted by Crippen LogP contribution is 2.18. The number of aliphatic carboxylic acids is 1. The average Bonchev–Trinajstić information content (AvgIpc) is 3.66. The number of nitrogens with zero attached hydrogens (tertiary/aromatic N) is 1. The lowest BCUT2D eigenvalue weighted by Crippen LogP contribution is -2.40. The largest absolute Gasteiger partial charge is 0.477 e. The molecule has 9 nitrogen and oxygen atoms in total. The number of carbonyl (C=O) groups excluding carboxylic acids is 2. The number of likely N-dealkylation sites (N-methyl/N-ethyl adjacent to an activating group) is 1. The fraction of sp³-hybridized carbons (Fsp3) is 0.768. The zero-order valence-electron chi connectivity index (χ0n) is 60.2. The van der Waals surface area contributed by atoms with Crippen molar-refractivity contribution in [3.05, 3.63) is 97.2 Å². The highest BCUT2D eigenvalue weighted by atomic mass is 16.7. The Morgan fingerprint density at radius 3 is 0.934 bits per heavy atom. The third-order valence-corrected chi connectivity index (χ3v) is 16.8. The van der Waals surface area contributed by atoms with Crippen molar-refractivity contribution in [3.8, 4) is 0 Å². The number of esters is 2. The van der Waals surface area contributed by atoms with Gasteiger partial charge in [0.05, 0.1) is 34.4 Å². The van der Waals surface area contributed by atoms with Crippen molar-refractivity contribution in [2.75, 3.05) is 47.5 Å². The molecule has 2 unspecified atom stereocenters. The number of carbonyl (C=O) groups is 3. The molecular formula is C82H146NO8+. The molecular weight excluding hydrogens is 1130 g/mol. The number of allylic oxidation sites excluding steroid dienone is 16. The quantitative estimate of drug-likeness (QED) is 0.0211. The van der Waals surface area contributed by atoms with E-state index in [2.05, 4.69) is 111 Å². The summed E-state index contributed by atoms with van der Waals surface area (Å²) in [4.78, 5) is 37.7. The summed E-state index contributed by atoms with van der Waals surface area (Å²) in [5, 5.41) is 9.76. The maximum atomic E-state index is 13.0. The van der Waals surface area contributed by atoms with Gasteiger partial charge in [-0.2, -0.15) is 0 Å². The summed E-state index contributed by atoms with van der Waals surface area (Å²) in [5.41, 5.74) is 0. The normalized spacial score (nSPS) is 13.2. The van der Waals surface area contributed by atoms with E-state index in [0.717, 1.165) is 83.5 Å². The van der Waals surface area contributed by atoms with Crippen molar-refractivity contribution in [1.29, 1.82) is 0 Å². The number of rotatable bonds is 71.